The van der Waals surface area contributed by atoms with E-state index in [-0.39, 0.29) is 11.9 Å². The first kappa shape index (κ1) is 13.5. The molecule has 0 unspecified atom stereocenters. The average Bonchev–Trinajstić information content (AvgIpc) is 2.57. The van der Waals surface area contributed by atoms with Crippen LogP contribution < -0.4 is 10.2 Å². The van der Waals surface area contributed by atoms with Crippen LogP contribution in [0, 0.1) is 0 Å². The Bertz CT molecular complexity index is 590. The van der Waals surface area contributed by atoms with Gasteiger partial charge in [0.25, 0.3) is 5.91 Å². The lowest BCUT2D eigenvalue weighted by Gasteiger charge is -2.33. The van der Waals surface area contributed by atoms with Gasteiger partial charge in [-0.1, -0.05) is 0 Å². The quantitative estimate of drug-likeness (QED) is 0.918. The molecule has 2 aromatic rings. The first-order valence-corrected chi connectivity index (χ1v) is 7.06. The van der Waals surface area contributed by atoms with Crippen LogP contribution >= 0.6 is 0 Å². The lowest BCUT2D eigenvalue weighted by molar-refractivity contribution is 0.0933. The van der Waals surface area contributed by atoms with Crippen molar-refractivity contribution < 1.29 is 4.79 Å². The van der Waals surface area contributed by atoms with Crippen molar-refractivity contribution in [2.75, 3.05) is 18.0 Å². The lowest BCUT2D eigenvalue weighted by Crippen LogP contribution is -2.48. The molecule has 0 radical (unpaired) electrons. The summed E-state index contributed by atoms with van der Waals surface area (Å²) in [6.07, 6.45) is 8.71. The zero-order valence-corrected chi connectivity index (χ0v) is 11.6. The van der Waals surface area contributed by atoms with Crippen molar-refractivity contribution in [1.29, 1.82) is 0 Å². The fraction of sp³-hybridized carbons (Fsp3) is 0.333. The Kier molecular flexibility index (Phi) is 4.04. The Labute approximate surface area is 123 Å². The molecule has 1 aliphatic rings. The zero-order chi connectivity index (χ0) is 14.5. The molecule has 0 aliphatic carbocycles. The van der Waals surface area contributed by atoms with E-state index in [1.807, 2.05) is 0 Å². The van der Waals surface area contributed by atoms with Crippen LogP contribution in [-0.4, -0.2) is 40.0 Å². The SMILES string of the molecule is O=C(N[C@@H]1CCCN(c2ncccn2)C1)c1ccncc1. The van der Waals surface area contributed by atoms with Gasteiger partial charge in [-0.25, -0.2) is 9.97 Å². The third-order valence-corrected chi connectivity index (χ3v) is 3.53. The standard InChI is InChI=1S/C15H17N5O/c21-14(12-4-8-16-9-5-12)19-13-3-1-10-20(11-13)15-17-6-2-7-18-15/h2,4-9,13H,1,3,10-11H2,(H,19,21)/t13-/m1/s1. The van der Waals surface area contributed by atoms with Gasteiger partial charge in [-0.3, -0.25) is 9.78 Å². The Morgan fingerprint density at radius 1 is 1.19 bits per heavy atom. The number of piperidine rings is 1. The smallest absolute Gasteiger partial charge is 0.251 e. The summed E-state index contributed by atoms with van der Waals surface area (Å²) in [4.78, 5) is 26.7. The maximum absolute atomic E-state index is 12.2. The molecule has 6 nitrogen and oxygen atoms in total. The van der Waals surface area contributed by atoms with E-state index in [1.54, 1.807) is 43.0 Å². The molecule has 108 valence electrons. The molecule has 0 spiro atoms. The van der Waals surface area contributed by atoms with Gasteiger partial charge in [-0.2, -0.15) is 0 Å². The third-order valence-electron chi connectivity index (χ3n) is 3.53. The molecule has 2 aromatic heterocycles. The molecule has 3 heterocycles. The second-order valence-electron chi connectivity index (χ2n) is 5.04. The minimum Gasteiger partial charge on any atom is -0.348 e. The number of anilines is 1. The Morgan fingerprint density at radius 2 is 1.95 bits per heavy atom. The zero-order valence-electron chi connectivity index (χ0n) is 11.6. The highest BCUT2D eigenvalue weighted by atomic mass is 16.1. The number of aromatic nitrogens is 3. The van der Waals surface area contributed by atoms with Gasteiger partial charge in [0, 0.05) is 49.5 Å². The highest BCUT2D eigenvalue weighted by molar-refractivity contribution is 5.94. The van der Waals surface area contributed by atoms with E-state index in [2.05, 4.69) is 25.2 Å². The van der Waals surface area contributed by atoms with Crippen molar-refractivity contribution in [3.05, 3.63) is 48.5 Å². The highest BCUT2D eigenvalue weighted by Gasteiger charge is 2.23. The number of pyridine rings is 1. The molecule has 1 atom stereocenters. The van der Waals surface area contributed by atoms with Gasteiger partial charge >= 0.3 is 0 Å². The van der Waals surface area contributed by atoms with Crippen LogP contribution in [0.25, 0.3) is 0 Å². The number of hydrogen-bond acceptors (Lipinski definition) is 5. The third kappa shape index (κ3) is 3.34. The highest BCUT2D eigenvalue weighted by Crippen LogP contribution is 2.15. The summed E-state index contributed by atoms with van der Waals surface area (Å²) in [6, 6.07) is 5.35. The van der Waals surface area contributed by atoms with E-state index in [0.29, 0.717) is 5.56 Å². The normalized spacial score (nSPS) is 18.3. The summed E-state index contributed by atoms with van der Waals surface area (Å²) < 4.78 is 0. The average molecular weight is 283 g/mol. The van der Waals surface area contributed by atoms with Crippen molar-refractivity contribution >= 4 is 11.9 Å². The van der Waals surface area contributed by atoms with E-state index in [9.17, 15) is 4.79 Å². The van der Waals surface area contributed by atoms with Crippen LogP contribution in [0.5, 0.6) is 0 Å². The topological polar surface area (TPSA) is 71.0 Å². The van der Waals surface area contributed by atoms with Gasteiger partial charge in [0.05, 0.1) is 0 Å². The number of rotatable bonds is 3. The fourth-order valence-electron chi connectivity index (χ4n) is 2.50. The molecule has 21 heavy (non-hydrogen) atoms. The summed E-state index contributed by atoms with van der Waals surface area (Å²) in [5.74, 6) is 0.665. The predicted molar refractivity (Wildman–Crippen MR) is 79.0 cm³/mol. The molecular weight excluding hydrogens is 266 g/mol. The molecule has 3 rings (SSSR count). The van der Waals surface area contributed by atoms with E-state index < -0.39 is 0 Å². The molecule has 6 heteroatoms. The summed E-state index contributed by atoms with van der Waals surface area (Å²) in [5.41, 5.74) is 0.637. The molecule has 0 aromatic carbocycles. The molecule has 0 saturated carbocycles. The number of nitrogens with zero attached hydrogens (tertiary/aromatic N) is 4. The van der Waals surface area contributed by atoms with Crippen LogP contribution in [0.4, 0.5) is 5.95 Å². The number of carbonyl (C=O) groups excluding carboxylic acids is 1. The van der Waals surface area contributed by atoms with Crippen LogP contribution in [0.3, 0.4) is 0 Å². The van der Waals surface area contributed by atoms with Crippen LogP contribution in [0.15, 0.2) is 43.0 Å². The first-order chi connectivity index (χ1) is 10.3. The molecular formula is C15H17N5O. The van der Waals surface area contributed by atoms with Gasteiger partial charge < -0.3 is 10.2 Å². The van der Waals surface area contributed by atoms with E-state index >= 15 is 0 Å². The van der Waals surface area contributed by atoms with Crippen molar-refractivity contribution in [1.82, 2.24) is 20.3 Å². The summed E-state index contributed by atoms with van der Waals surface area (Å²) in [7, 11) is 0. The number of nitrogens with one attached hydrogen (secondary N) is 1. The Morgan fingerprint density at radius 3 is 2.71 bits per heavy atom. The van der Waals surface area contributed by atoms with Crippen molar-refractivity contribution in [2.45, 2.75) is 18.9 Å². The molecule has 1 saturated heterocycles. The molecule has 1 fully saturated rings. The van der Waals surface area contributed by atoms with Crippen molar-refractivity contribution in [2.24, 2.45) is 0 Å². The largest absolute Gasteiger partial charge is 0.348 e. The monoisotopic (exact) mass is 283 g/mol. The fourth-order valence-corrected chi connectivity index (χ4v) is 2.50. The first-order valence-electron chi connectivity index (χ1n) is 7.06. The Balaban J connectivity index is 1.63. The number of amides is 1. The summed E-state index contributed by atoms with van der Waals surface area (Å²) in [6.45, 7) is 1.66. The van der Waals surface area contributed by atoms with Gasteiger partial charge in [-0.15, -0.1) is 0 Å². The van der Waals surface area contributed by atoms with Gasteiger partial charge in [0.1, 0.15) is 0 Å². The molecule has 1 N–H and O–H groups in total. The maximum atomic E-state index is 12.2. The van der Waals surface area contributed by atoms with Gasteiger partial charge in [0.2, 0.25) is 5.95 Å². The number of carbonyl (C=O) groups is 1. The van der Waals surface area contributed by atoms with Crippen LogP contribution in [0.2, 0.25) is 0 Å². The summed E-state index contributed by atoms with van der Waals surface area (Å²) >= 11 is 0. The van der Waals surface area contributed by atoms with Crippen molar-refractivity contribution in [3.8, 4) is 0 Å². The second kappa shape index (κ2) is 6.30. The molecule has 1 aliphatic heterocycles. The Hall–Kier alpha value is -2.50. The predicted octanol–water partition coefficient (Wildman–Crippen LogP) is 1.27. The second-order valence-corrected chi connectivity index (χ2v) is 5.04. The van der Waals surface area contributed by atoms with Crippen LogP contribution in [0.1, 0.15) is 23.2 Å². The minimum absolute atomic E-state index is 0.0572. The maximum Gasteiger partial charge on any atom is 0.251 e. The van der Waals surface area contributed by atoms with Crippen molar-refractivity contribution in [3.63, 3.8) is 0 Å². The van der Waals surface area contributed by atoms with Crippen LogP contribution in [-0.2, 0) is 0 Å². The van der Waals surface area contributed by atoms with E-state index in [4.69, 9.17) is 0 Å². The van der Waals surface area contributed by atoms with Gasteiger partial charge in [0.15, 0.2) is 0 Å². The van der Waals surface area contributed by atoms with E-state index in [0.717, 1.165) is 31.9 Å². The molecule has 0 bridgehead atoms. The lowest BCUT2D eigenvalue weighted by atomic mass is 10.1. The van der Waals surface area contributed by atoms with E-state index in [1.165, 1.54) is 0 Å². The summed E-state index contributed by atoms with van der Waals surface area (Å²) in [5, 5.41) is 3.07. The molecule has 1 amide bonds. The minimum atomic E-state index is -0.0572. The number of hydrogen-bond donors (Lipinski definition) is 1. The van der Waals surface area contributed by atoms with Gasteiger partial charge in [-0.05, 0) is 31.0 Å².